The lowest BCUT2D eigenvalue weighted by molar-refractivity contribution is 0.112. The van der Waals surface area contributed by atoms with E-state index in [1.807, 2.05) is 0 Å². The first-order valence-electron chi connectivity index (χ1n) is 4.57. The molecule has 0 spiro atoms. The first-order chi connectivity index (χ1) is 7.26. The van der Waals surface area contributed by atoms with Gasteiger partial charge in [0.15, 0.2) is 11.5 Å². The van der Waals surface area contributed by atoms with Crippen molar-refractivity contribution in [2.75, 3.05) is 14.2 Å². The number of methoxy groups -OCH3 is 2. The SMILES string of the molecule is C=CCc1cc(OC)c(OC)cc1C=O. The summed E-state index contributed by atoms with van der Waals surface area (Å²) in [6, 6.07) is 3.47. The molecule has 0 saturated carbocycles. The van der Waals surface area contributed by atoms with E-state index in [0.29, 0.717) is 23.5 Å². The van der Waals surface area contributed by atoms with Crippen molar-refractivity contribution >= 4 is 6.29 Å². The van der Waals surface area contributed by atoms with Gasteiger partial charge < -0.3 is 9.47 Å². The lowest BCUT2D eigenvalue weighted by Gasteiger charge is -2.10. The monoisotopic (exact) mass is 206 g/mol. The van der Waals surface area contributed by atoms with Crippen molar-refractivity contribution in [3.8, 4) is 11.5 Å². The van der Waals surface area contributed by atoms with Crippen LogP contribution in [0.4, 0.5) is 0 Å². The van der Waals surface area contributed by atoms with Crippen LogP contribution in [0.1, 0.15) is 15.9 Å². The van der Waals surface area contributed by atoms with Crippen LogP contribution in [0.25, 0.3) is 0 Å². The van der Waals surface area contributed by atoms with Crippen molar-refractivity contribution in [2.45, 2.75) is 6.42 Å². The Kier molecular flexibility index (Phi) is 3.92. The number of rotatable bonds is 5. The van der Waals surface area contributed by atoms with Crippen molar-refractivity contribution in [3.05, 3.63) is 35.9 Å². The number of hydrogen-bond acceptors (Lipinski definition) is 3. The van der Waals surface area contributed by atoms with Gasteiger partial charge in [-0.2, -0.15) is 0 Å². The van der Waals surface area contributed by atoms with Gasteiger partial charge in [-0.15, -0.1) is 6.58 Å². The van der Waals surface area contributed by atoms with Gasteiger partial charge in [0.05, 0.1) is 14.2 Å². The Morgan fingerprint density at radius 2 is 1.87 bits per heavy atom. The lowest BCUT2D eigenvalue weighted by Crippen LogP contribution is -1.97. The Morgan fingerprint density at radius 3 is 2.33 bits per heavy atom. The zero-order chi connectivity index (χ0) is 11.3. The number of carbonyl (C=O) groups excluding carboxylic acids is 1. The van der Waals surface area contributed by atoms with E-state index < -0.39 is 0 Å². The van der Waals surface area contributed by atoms with Crippen LogP contribution in [-0.4, -0.2) is 20.5 Å². The van der Waals surface area contributed by atoms with Gasteiger partial charge in [0.25, 0.3) is 0 Å². The molecule has 0 N–H and O–H groups in total. The maximum absolute atomic E-state index is 10.8. The first-order valence-corrected chi connectivity index (χ1v) is 4.57. The van der Waals surface area contributed by atoms with E-state index in [9.17, 15) is 4.79 Å². The molecule has 0 amide bonds. The average molecular weight is 206 g/mol. The fourth-order valence-electron chi connectivity index (χ4n) is 1.38. The molecular weight excluding hydrogens is 192 g/mol. The number of allylic oxidation sites excluding steroid dienone is 1. The van der Waals surface area contributed by atoms with Crippen molar-refractivity contribution in [1.29, 1.82) is 0 Å². The van der Waals surface area contributed by atoms with Gasteiger partial charge >= 0.3 is 0 Å². The van der Waals surface area contributed by atoms with Gasteiger partial charge in [-0.1, -0.05) is 6.08 Å². The highest BCUT2D eigenvalue weighted by molar-refractivity contribution is 5.79. The summed E-state index contributed by atoms with van der Waals surface area (Å²) in [7, 11) is 3.11. The summed E-state index contributed by atoms with van der Waals surface area (Å²) in [5, 5.41) is 0. The highest BCUT2D eigenvalue weighted by atomic mass is 16.5. The molecule has 1 aromatic rings. The standard InChI is InChI=1S/C12H14O3/c1-4-5-9-6-11(14-2)12(15-3)7-10(9)8-13/h4,6-8H,1,5H2,2-3H3. The zero-order valence-corrected chi connectivity index (χ0v) is 8.95. The topological polar surface area (TPSA) is 35.5 Å². The van der Waals surface area contributed by atoms with E-state index in [-0.39, 0.29) is 0 Å². The summed E-state index contributed by atoms with van der Waals surface area (Å²) in [5.74, 6) is 1.19. The molecule has 0 fully saturated rings. The molecule has 80 valence electrons. The van der Waals surface area contributed by atoms with Crippen LogP contribution in [0.3, 0.4) is 0 Å². The van der Waals surface area contributed by atoms with Crippen molar-refractivity contribution < 1.29 is 14.3 Å². The molecule has 0 saturated heterocycles. The summed E-state index contributed by atoms with van der Waals surface area (Å²) in [4.78, 5) is 10.8. The summed E-state index contributed by atoms with van der Waals surface area (Å²) in [6.07, 6.45) is 3.18. The van der Waals surface area contributed by atoms with E-state index >= 15 is 0 Å². The van der Waals surface area contributed by atoms with Crippen molar-refractivity contribution in [3.63, 3.8) is 0 Å². The van der Waals surface area contributed by atoms with Gasteiger partial charge in [-0.3, -0.25) is 4.79 Å². The second kappa shape index (κ2) is 5.20. The maximum Gasteiger partial charge on any atom is 0.161 e. The van der Waals surface area contributed by atoms with E-state index in [1.54, 1.807) is 32.4 Å². The third kappa shape index (κ3) is 2.37. The molecule has 0 aliphatic heterocycles. The summed E-state index contributed by atoms with van der Waals surface area (Å²) in [6.45, 7) is 3.64. The van der Waals surface area contributed by atoms with Crippen LogP contribution >= 0.6 is 0 Å². The molecule has 1 aromatic carbocycles. The molecule has 3 nitrogen and oxygen atoms in total. The van der Waals surface area contributed by atoms with Crippen LogP contribution in [-0.2, 0) is 6.42 Å². The summed E-state index contributed by atoms with van der Waals surface area (Å²) < 4.78 is 10.2. The predicted octanol–water partition coefficient (Wildman–Crippen LogP) is 2.24. The summed E-state index contributed by atoms with van der Waals surface area (Å²) >= 11 is 0. The molecule has 0 heterocycles. The lowest BCUT2D eigenvalue weighted by atomic mass is 10.0. The third-order valence-electron chi connectivity index (χ3n) is 2.14. The Labute approximate surface area is 89.3 Å². The molecule has 0 unspecified atom stereocenters. The maximum atomic E-state index is 10.8. The quantitative estimate of drug-likeness (QED) is 0.547. The fourth-order valence-corrected chi connectivity index (χ4v) is 1.38. The van der Waals surface area contributed by atoms with Crippen LogP contribution in [0.5, 0.6) is 11.5 Å². The fraction of sp³-hybridized carbons (Fsp3) is 0.250. The summed E-state index contributed by atoms with van der Waals surface area (Å²) in [5.41, 5.74) is 1.49. The Morgan fingerprint density at radius 1 is 1.27 bits per heavy atom. The van der Waals surface area contributed by atoms with Crippen molar-refractivity contribution in [1.82, 2.24) is 0 Å². The second-order valence-corrected chi connectivity index (χ2v) is 3.02. The van der Waals surface area contributed by atoms with E-state index in [2.05, 4.69) is 6.58 Å². The highest BCUT2D eigenvalue weighted by Gasteiger charge is 2.09. The van der Waals surface area contributed by atoms with Crippen molar-refractivity contribution in [2.24, 2.45) is 0 Å². The molecule has 0 aliphatic carbocycles. The molecular formula is C12H14O3. The Hall–Kier alpha value is -1.77. The van der Waals surface area contributed by atoms with E-state index in [4.69, 9.17) is 9.47 Å². The van der Waals surface area contributed by atoms with Crippen LogP contribution < -0.4 is 9.47 Å². The second-order valence-electron chi connectivity index (χ2n) is 3.02. The molecule has 0 aliphatic rings. The number of hydrogen-bond donors (Lipinski definition) is 0. The normalized spacial score (nSPS) is 9.47. The van der Waals surface area contributed by atoms with E-state index in [0.717, 1.165) is 11.8 Å². The average Bonchev–Trinajstić information content (AvgIpc) is 2.28. The van der Waals surface area contributed by atoms with Gasteiger partial charge in [0, 0.05) is 5.56 Å². The molecule has 0 aromatic heterocycles. The molecule has 3 heteroatoms. The van der Waals surface area contributed by atoms with Crippen LogP contribution in [0.15, 0.2) is 24.8 Å². The molecule has 15 heavy (non-hydrogen) atoms. The Bertz CT molecular complexity index is 369. The predicted molar refractivity (Wildman–Crippen MR) is 58.8 cm³/mol. The van der Waals surface area contributed by atoms with Gasteiger partial charge in [0.1, 0.15) is 6.29 Å². The number of ether oxygens (including phenoxy) is 2. The third-order valence-corrected chi connectivity index (χ3v) is 2.14. The minimum Gasteiger partial charge on any atom is -0.493 e. The molecule has 0 bridgehead atoms. The number of benzene rings is 1. The van der Waals surface area contributed by atoms with Crippen LogP contribution in [0.2, 0.25) is 0 Å². The number of carbonyl (C=O) groups is 1. The molecule has 0 atom stereocenters. The van der Waals surface area contributed by atoms with Crippen LogP contribution in [0, 0.1) is 0 Å². The van der Waals surface area contributed by atoms with E-state index in [1.165, 1.54) is 0 Å². The highest BCUT2D eigenvalue weighted by Crippen LogP contribution is 2.30. The largest absolute Gasteiger partial charge is 0.493 e. The zero-order valence-electron chi connectivity index (χ0n) is 8.95. The van der Waals surface area contributed by atoms with Gasteiger partial charge in [-0.05, 0) is 24.1 Å². The molecule has 1 rings (SSSR count). The van der Waals surface area contributed by atoms with Gasteiger partial charge in [-0.25, -0.2) is 0 Å². The Balaban J connectivity index is 3.26. The first kappa shape index (κ1) is 11.3. The van der Waals surface area contributed by atoms with Gasteiger partial charge in [0.2, 0.25) is 0 Å². The number of aldehydes is 1. The minimum absolute atomic E-state index is 0.562. The smallest absolute Gasteiger partial charge is 0.161 e. The minimum atomic E-state index is 0.562. The molecule has 0 radical (unpaired) electrons.